The minimum absolute atomic E-state index is 0.00771. The van der Waals surface area contributed by atoms with Gasteiger partial charge in [0.15, 0.2) is 0 Å². The van der Waals surface area contributed by atoms with Crippen molar-refractivity contribution in [3.8, 4) is 0 Å². The quantitative estimate of drug-likeness (QED) is 0.925. The van der Waals surface area contributed by atoms with Gasteiger partial charge in [-0.25, -0.2) is 0 Å². The summed E-state index contributed by atoms with van der Waals surface area (Å²) < 4.78 is 0.994. The number of hydrogen-bond donors (Lipinski definition) is 1. The Kier molecular flexibility index (Phi) is 4.58. The van der Waals surface area contributed by atoms with Crippen molar-refractivity contribution in [1.82, 2.24) is 10.2 Å². The Hall–Kier alpha value is -1.36. The van der Waals surface area contributed by atoms with Gasteiger partial charge in [-0.1, -0.05) is 35.0 Å². The van der Waals surface area contributed by atoms with Crippen LogP contribution in [0.4, 0.5) is 0 Å². The van der Waals surface area contributed by atoms with Gasteiger partial charge in [0.2, 0.25) is 11.8 Å². The number of amides is 2. The number of nitrogens with one attached hydrogen (secondary N) is 1. The second kappa shape index (κ2) is 6.19. The van der Waals surface area contributed by atoms with Gasteiger partial charge in [-0.05, 0) is 24.1 Å². The predicted molar refractivity (Wildman–Crippen MR) is 76.4 cm³/mol. The molecule has 1 atom stereocenters. The summed E-state index contributed by atoms with van der Waals surface area (Å²) in [6, 6.07) is 7.49. The minimum Gasteiger partial charge on any atom is -0.344 e. The number of carbonyl (C=O) groups is 2. The summed E-state index contributed by atoms with van der Waals surface area (Å²) in [6.45, 7) is 2.93. The molecule has 2 rings (SSSR count). The molecule has 4 nitrogen and oxygen atoms in total. The highest BCUT2D eigenvalue weighted by Gasteiger charge is 2.28. The van der Waals surface area contributed by atoms with E-state index in [9.17, 15) is 9.59 Å². The number of halogens is 1. The van der Waals surface area contributed by atoms with Crippen LogP contribution >= 0.6 is 15.9 Å². The Bertz CT molecular complexity index is 490. The van der Waals surface area contributed by atoms with Gasteiger partial charge in [-0.3, -0.25) is 9.59 Å². The van der Waals surface area contributed by atoms with E-state index >= 15 is 0 Å². The highest BCUT2D eigenvalue weighted by Crippen LogP contribution is 2.15. The van der Waals surface area contributed by atoms with E-state index in [4.69, 9.17) is 0 Å². The van der Waals surface area contributed by atoms with Gasteiger partial charge in [-0.15, -0.1) is 0 Å². The van der Waals surface area contributed by atoms with Crippen LogP contribution in [0, 0.1) is 0 Å². The molecule has 1 heterocycles. The zero-order valence-corrected chi connectivity index (χ0v) is 12.4. The molecule has 1 aliphatic heterocycles. The van der Waals surface area contributed by atoms with Gasteiger partial charge in [0.05, 0.1) is 0 Å². The molecule has 5 heteroatoms. The molecule has 1 aromatic carbocycles. The summed E-state index contributed by atoms with van der Waals surface area (Å²) in [5, 5.41) is 2.77. The van der Waals surface area contributed by atoms with Gasteiger partial charge in [-0.2, -0.15) is 0 Å². The number of nitrogens with zero attached hydrogens (tertiary/aromatic N) is 1. The van der Waals surface area contributed by atoms with Crippen LogP contribution in [0.3, 0.4) is 0 Å². The maximum atomic E-state index is 12.3. The van der Waals surface area contributed by atoms with Gasteiger partial charge in [0.1, 0.15) is 6.04 Å². The number of benzene rings is 1. The molecule has 1 saturated heterocycles. The molecular formula is C14H17BrN2O2. The van der Waals surface area contributed by atoms with Crippen molar-refractivity contribution in [2.45, 2.75) is 32.4 Å². The lowest BCUT2D eigenvalue weighted by molar-refractivity contribution is -0.134. The topological polar surface area (TPSA) is 49.4 Å². The van der Waals surface area contributed by atoms with Crippen molar-refractivity contribution in [1.29, 1.82) is 0 Å². The Morgan fingerprint density at radius 1 is 1.42 bits per heavy atom. The van der Waals surface area contributed by atoms with Gasteiger partial charge in [0.25, 0.3) is 0 Å². The molecule has 0 saturated carbocycles. The molecule has 0 aromatic heterocycles. The van der Waals surface area contributed by atoms with E-state index in [0.717, 1.165) is 10.0 Å². The Labute approximate surface area is 121 Å². The molecule has 1 fully saturated rings. The first-order valence-corrected chi connectivity index (χ1v) is 7.22. The van der Waals surface area contributed by atoms with Crippen LogP contribution in [0.1, 0.15) is 25.3 Å². The lowest BCUT2D eigenvalue weighted by Crippen LogP contribution is -2.43. The normalized spacial score (nSPS) is 20.1. The van der Waals surface area contributed by atoms with E-state index in [1.807, 2.05) is 31.2 Å². The highest BCUT2D eigenvalue weighted by atomic mass is 79.9. The fourth-order valence-corrected chi connectivity index (χ4v) is 2.63. The third-order valence-electron chi connectivity index (χ3n) is 3.22. The first kappa shape index (κ1) is 14.1. The second-order valence-corrected chi connectivity index (χ2v) is 5.58. The van der Waals surface area contributed by atoms with Crippen LogP contribution in [0.25, 0.3) is 0 Å². The van der Waals surface area contributed by atoms with E-state index in [1.54, 1.807) is 4.90 Å². The molecule has 19 heavy (non-hydrogen) atoms. The molecule has 1 aromatic rings. The van der Waals surface area contributed by atoms with Crippen molar-refractivity contribution >= 4 is 27.7 Å². The summed E-state index contributed by atoms with van der Waals surface area (Å²) in [5.74, 6) is -0.0368. The smallest absolute Gasteiger partial charge is 0.245 e. The van der Waals surface area contributed by atoms with E-state index in [-0.39, 0.29) is 17.9 Å². The number of rotatable bonds is 3. The Balaban J connectivity index is 2.13. The number of hydrogen-bond acceptors (Lipinski definition) is 2. The Morgan fingerprint density at radius 3 is 2.89 bits per heavy atom. The van der Waals surface area contributed by atoms with Crippen molar-refractivity contribution in [3.63, 3.8) is 0 Å². The highest BCUT2D eigenvalue weighted by molar-refractivity contribution is 9.10. The summed E-state index contributed by atoms with van der Waals surface area (Å²) in [7, 11) is 0. The average Bonchev–Trinajstić information content (AvgIpc) is 2.52. The fourth-order valence-electron chi connectivity index (χ4n) is 2.18. The van der Waals surface area contributed by atoms with E-state index < -0.39 is 0 Å². The summed E-state index contributed by atoms with van der Waals surface area (Å²) in [4.78, 5) is 25.6. The molecule has 0 bridgehead atoms. The molecule has 2 amide bonds. The molecular weight excluding hydrogens is 308 g/mol. The third-order valence-corrected chi connectivity index (χ3v) is 3.72. The van der Waals surface area contributed by atoms with Crippen LogP contribution in [0.15, 0.2) is 28.7 Å². The van der Waals surface area contributed by atoms with Crippen molar-refractivity contribution in [3.05, 3.63) is 34.3 Å². The van der Waals surface area contributed by atoms with E-state index in [2.05, 4.69) is 21.2 Å². The van der Waals surface area contributed by atoms with Crippen molar-refractivity contribution in [2.24, 2.45) is 0 Å². The predicted octanol–water partition coefficient (Wildman–Crippen LogP) is 2.08. The summed E-state index contributed by atoms with van der Waals surface area (Å²) in [5.41, 5.74) is 1.06. The second-order valence-electron chi connectivity index (χ2n) is 4.67. The van der Waals surface area contributed by atoms with Crippen LogP contribution in [0.5, 0.6) is 0 Å². The standard InChI is InChI=1S/C14H17BrN2O2/c1-2-12-14(19)17(7-6-13(18)16-12)9-10-4-3-5-11(15)8-10/h3-5,8,12H,2,6-7,9H2,1H3,(H,16,18). The van der Waals surface area contributed by atoms with Gasteiger partial charge >= 0.3 is 0 Å². The molecule has 1 aliphatic rings. The van der Waals surface area contributed by atoms with Gasteiger partial charge < -0.3 is 10.2 Å². The first-order valence-electron chi connectivity index (χ1n) is 6.42. The SMILES string of the molecule is CCC1NC(=O)CCN(Cc2cccc(Br)c2)C1=O. The monoisotopic (exact) mass is 324 g/mol. The summed E-state index contributed by atoms with van der Waals surface area (Å²) >= 11 is 3.42. The molecule has 1 N–H and O–H groups in total. The maximum Gasteiger partial charge on any atom is 0.245 e. The first-order chi connectivity index (χ1) is 9.10. The van der Waals surface area contributed by atoms with Gasteiger partial charge in [0, 0.05) is 24.0 Å². The molecule has 1 unspecified atom stereocenters. The molecule has 0 spiro atoms. The molecule has 0 aliphatic carbocycles. The largest absolute Gasteiger partial charge is 0.344 e. The lowest BCUT2D eigenvalue weighted by atomic mass is 10.1. The lowest BCUT2D eigenvalue weighted by Gasteiger charge is -2.23. The van der Waals surface area contributed by atoms with Crippen LogP contribution in [-0.2, 0) is 16.1 Å². The minimum atomic E-state index is -0.387. The zero-order valence-electron chi connectivity index (χ0n) is 10.9. The Morgan fingerprint density at radius 2 is 2.21 bits per heavy atom. The van der Waals surface area contributed by atoms with Crippen LogP contribution in [-0.4, -0.2) is 29.3 Å². The molecule has 102 valence electrons. The zero-order chi connectivity index (χ0) is 13.8. The summed E-state index contributed by atoms with van der Waals surface area (Å²) in [6.07, 6.45) is 0.996. The van der Waals surface area contributed by atoms with E-state index in [0.29, 0.717) is 25.9 Å². The number of carbonyl (C=O) groups excluding carboxylic acids is 2. The van der Waals surface area contributed by atoms with Crippen LogP contribution < -0.4 is 5.32 Å². The fraction of sp³-hybridized carbons (Fsp3) is 0.429. The molecule has 0 radical (unpaired) electrons. The maximum absolute atomic E-state index is 12.3. The third kappa shape index (κ3) is 3.56. The average molecular weight is 325 g/mol. The van der Waals surface area contributed by atoms with Crippen molar-refractivity contribution < 1.29 is 9.59 Å². The van der Waals surface area contributed by atoms with Crippen molar-refractivity contribution in [2.75, 3.05) is 6.54 Å². The van der Waals surface area contributed by atoms with Crippen LogP contribution in [0.2, 0.25) is 0 Å². The van der Waals surface area contributed by atoms with E-state index in [1.165, 1.54) is 0 Å².